The molecule has 112 valence electrons. The number of carbonyl (C=O) groups excluding carboxylic acids is 1. The Kier molecular flexibility index (Phi) is 7.52. The zero-order chi connectivity index (χ0) is 15.2. The van der Waals surface area contributed by atoms with Crippen molar-refractivity contribution in [1.82, 2.24) is 4.72 Å². The molecule has 0 rings (SSSR count). The molecule has 0 aliphatic heterocycles. The molecule has 4 nitrogen and oxygen atoms in total. The van der Waals surface area contributed by atoms with Crippen LogP contribution in [0.2, 0.25) is 0 Å². The summed E-state index contributed by atoms with van der Waals surface area (Å²) in [5.74, 6) is -0.131. The molecule has 0 aliphatic carbocycles. The summed E-state index contributed by atoms with van der Waals surface area (Å²) in [7, 11) is -1.16. The van der Waals surface area contributed by atoms with E-state index in [1.54, 1.807) is 6.92 Å². The zero-order valence-electron chi connectivity index (χ0n) is 12.9. The average Bonchev–Trinajstić information content (AvgIpc) is 2.26. The Morgan fingerprint density at radius 2 is 1.89 bits per heavy atom. The van der Waals surface area contributed by atoms with Crippen molar-refractivity contribution in [2.24, 2.45) is 5.92 Å². The fraction of sp³-hybridized carbons (Fsp3) is 0.786. The third kappa shape index (κ3) is 6.87. The molecule has 0 aromatic carbocycles. The Morgan fingerprint density at radius 3 is 2.26 bits per heavy atom. The maximum Gasteiger partial charge on any atom is 0.333 e. The minimum absolute atomic E-state index is 0.0584. The number of esters is 1. The van der Waals surface area contributed by atoms with Crippen LogP contribution in [0.3, 0.4) is 0 Å². The monoisotopic (exact) mass is 289 g/mol. The Morgan fingerprint density at radius 1 is 1.37 bits per heavy atom. The molecular formula is C14H27NO3S. The van der Waals surface area contributed by atoms with Crippen LogP contribution in [0.1, 0.15) is 48.0 Å². The summed E-state index contributed by atoms with van der Waals surface area (Å²) >= 11 is 0. The van der Waals surface area contributed by atoms with E-state index in [1.807, 2.05) is 34.6 Å². The third-order valence-corrected chi connectivity index (χ3v) is 4.28. The third-order valence-electron chi connectivity index (χ3n) is 2.65. The van der Waals surface area contributed by atoms with Gasteiger partial charge in [-0.05, 0) is 40.0 Å². The fourth-order valence-electron chi connectivity index (χ4n) is 1.31. The SMILES string of the molecule is C=C(C[C@@H](NS(=O)C(C)(C)C)C(C)C)C(=O)OCC. The molecule has 0 bridgehead atoms. The van der Waals surface area contributed by atoms with Gasteiger partial charge in [-0.25, -0.2) is 13.7 Å². The van der Waals surface area contributed by atoms with Gasteiger partial charge >= 0.3 is 5.97 Å². The van der Waals surface area contributed by atoms with Crippen LogP contribution in [0.15, 0.2) is 12.2 Å². The van der Waals surface area contributed by atoms with E-state index in [1.165, 1.54) is 0 Å². The number of hydrogen-bond acceptors (Lipinski definition) is 3. The van der Waals surface area contributed by atoms with Crippen LogP contribution in [0, 0.1) is 5.92 Å². The molecule has 0 aromatic heterocycles. The van der Waals surface area contributed by atoms with Crippen LogP contribution in [-0.2, 0) is 20.5 Å². The number of rotatable bonds is 7. The van der Waals surface area contributed by atoms with Gasteiger partial charge in [0, 0.05) is 11.6 Å². The summed E-state index contributed by atoms with van der Waals surface area (Å²) in [4.78, 5) is 11.6. The van der Waals surface area contributed by atoms with Crippen molar-refractivity contribution in [1.29, 1.82) is 0 Å². The molecular weight excluding hydrogens is 262 g/mol. The highest BCUT2D eigenvalue weighted by atomic mass is 32.2. The summed E-state index contributed by atoms with van der Waals surface area (Å²) in [5, 5.41) is 0. The van der Waals surface area contributed by atoms with Crippen molar-refractivity contribution in [3.05, 3.63) is 12.2 Å². The van der Waals surface area contributed by atoms with Gasteiger partial charge in [-0.1, -0.05) is 20.4 Å². The maximum atomic E-state index is 12.1. The molecule has 0 heterocycles. The van der Waals surface area contributed by atoms with Gasteiger partial charge in [0.15, 0.2) is 0 Å². The van der Waals surface area contributed by atoms with Crippen molar-refractivity contribution in [2.45, 2.75) is 58.8 Å². The summed E-state index contributed by atoms with van der Waals surface area (Å²) in [5.41, 5.74) is 0.416. The maximum absolute atomic E-state index is 12.1. The lowest BCUT2D eigenvalue weighted by atomic mass is 9.98. The zero-order valence-corrected chi connectivity index (χ0v) is 13.7. The van der Waals surface area contributed by atoms with Gasteiger partial charge in [-0.3, -0.25) is 0 Å². The van der Waals surface area contributed by atoms with E-state index >= 15 is 0 Å². The van der Waals surface area contributed by atoms with Gasteiger partial charge in [0.05, 0.1) is 22.3 Å². The number of nitrogens with one attached hydrogen (secondary N) is 1. The summed E-state index contributed by atoms with van der Waals surface area (Å²) in [6, 6.07) is -0.0584. The first-order valence-electron chi connectivity index (χ1n) is 6.62. The number of ether oxygens (including phenoxy) is 1. The summed E-state index contributed by atoms with van der Waals surface area (Å²) in [6.45, 7) is 15.6. The molecule has 0 aliphatic rings. The summed E-state index contributed by atoms with van der Waals surface area (Å²) in [6.07, 6.45) is 0.443. The molecule has 0 fully saturated rings. The molecule has 0 amide bonds. The molecule has 0 radical (unpaired) electrons. The van der Waals surface area contributed by atoms with Crippen LogP contribution >= 0.6 is 0 Å². The minimum atomic E-state index is -1.16. The van der Waals surface area contributed by atoms with E-state index < -0.39 is 11.0 Å². The van der Waals surface area contributed by atoms with E-state index in [2.05, 4.69) is 11.3 Å². The number of carbonyl (C=O) groups is 1. The van der Waals surface area contributed by atoms with Crippen LogP contribution in [0.25, 0.3) is 0 Å². The second-order valence-electron chi connectivity index (χ2n) is 5.88. The van der Waals surface area contributed by atoms with Gasteiger partial charge in [-0.2, -0.15) is 0 Å². The highest BCUT2D eigenvalue weighted by Gasteiger charge is 2.26. The molecule has 0 aromatic rings. The predicted molar refractivity (Wildman–Crippen MR) is 80.0 cm³/mol. The van der Waals surface area contributed by atoms with Crippen molar-refractivity contribution in [3.8, 4) is 0 Å². The quantitative estimate of drug-likeness (QED) is 0.579. The van der Waals surface area contributed by atoms with E-state index in [0.717, 1.165) is 0 Å². The first-order valence-corrected chi connectivity index (χ1v) is 7.77. The second-order valence-corrected chi connectivity index (χ2v) is 7.88. The Hall–Kier alpha value is -0.680. The predicted octanol–water partition coefficient (Wildman–Crippen LogP) is 2.57. The summed E-state index contributed by atoms with van der Waals surface area (Å²) < 4.78 is 19.8. The highest BCUT2D eigenvalue weighted by Crippen LogP contribution is 2.17. The first kappa shape index (κ1) is 18.3. The fourth-order valence-corrected chi connectivity index (χ4v) is 2.29. The molecule has 0 saturated carbocycles. The van der Waals surface area contributed by atoms with Crippen LogP contribution in [-0.4, -0.2) is 27.6 Å². The topological polar surface area (TPSA) is 55.4 Å². The van der Waals surface area contributed by atoms with E-state index in [4.69, 9.17) is 4.74 Å². The van der Waals surface area contributed by atoms with Gasteiger partial charge < -0.3 is 4.74 Å². The lowest BCUT2D eigenvalue weighted by Gasteiger charge is -2.27. The van der Waals surface area contributed by atoms with Crippen molar-refractivity contribution >= 4 is 17.0 Å². The van der Waals surface area contributed by atoms with Gasteiger partial charge in [0.25, 0.3) is 0 Å². The average molecular weight is 289 g/mol. The molecule has 0 spiro atoms. The van der Waals surface area contributed by atoms with E-state index in [9.17, 15) is 9.00 Å². The molecule has 1 unspecified atom stereocenters. The van der Waals surface area contributed by atoms with Crippen LogP contribution in [0.4, 0.5) is 0 Å². The largest absolute Gasteiger partial charge is 0.463 e. The van der Waals surface area contributed by atoms with Crippen molar-refractivity contribution in [2.75, 3.05) is 6.61 Å². The Labute approximate surface area is 119 Å². The van der Waals surface area contributed by atoms with E-state index in [0.29, 0.717) is 18.6 Å². The smallest absolute Gasteiger partial charge is 0.333 e. The van der Waals surface area contributed by atoms with Crippen molar-refractivity contribution in [3.63, 3.8) is 0 Å². The highest BCUT2D eigenvalue weighted by molar-refractivity contribution is 7.84. The molecule has 0 saturated heterocycles. The lowest BCUT2D eigenvalue weighted by molar-refractivity contribution is -0.138. The molecule has 19 heavy (non-hydrogen) atoms. The Bertz CT molecular complexity index is 345. The molecule has 2 atom stereocenters. The molecule has 5 heteroatoms. The normalized spacial score (nSPS) is 15.1. The van der Waals surface area contributed by atoms with E-state index in [-0.39, 0.29) is 22.7 Å². The van der Waals surface area contributed by atoms with Crippen LogP contribution < -0.4 is 4.72 Å². The van der Waals surface area contributed by atoms with Crippen molar-refractivity contribution < 1.29 is 13.7 Å². The second kappa shape index (κ2) is 7.80. The van der Waals surface area contributed by atoms with Gasteiger partial charge in [-0.15, -0.1) is 0 Å². The minimum Gasteiger partial charge on any atom is -0.463 e. The molecule has 1 N–H and O–H groups in total. The first-order chi connectivity index (χ1) is 8.59. The van der Waals surface area contributed by atoms with Gasteiger partial charge in [0.1, 0.15) is 0 Å². The standard InChI is InChI=1S/C14H27NO3S/c1-8-18-13(16)11(4)9-12(10(2)3)15-19(17)14(5,6)7/h10,12,15H,4,8-9H2,1-3,5-7H3/t12-,19?/m1/s1. The van der Waals surface area contributed by atoms with Gasteiger partial charge in [0.2, 0.25) is 0 Å². The lowest BCUT2D eigenvalue weighted by Crippen LogP contribution is -2.42. The Balaban J connectivity index is 4.64. The van der Waals surface area contributed by atoms with Crippen LogP contribution in [0.5, 0.6) is 0 Å². The number of hydrogen-bond donors (Lipinski definition) is 1.